The molecule has 0 amide bonds. The summed E-state index contributed by atoms with van der Waals surface area (Å²) in [6.45, 7) is 0. The van der Waals surface area contributed by atoms with E-state index in [1.54, 1.807) is 12.1 Å². The quantitative estimate of drug-likeness (QED) is 0.158. The molecule has 10 aromatic rings. The maximum absolute atomic E-state index is 10.1. The van der Waals surface area contributed by atoms with Crippen LogP contribution in [0.1, 0.15) is 0 Å². The van der Waals surface area contributed by atoms with Gasteiger partial charge in [-0.05, 0) is 98.6 Å². The number of aromatic hydroxyl groups is 1. The first-order chi connectivity index (χ1) is 30.1. The fraction of sp³-hybridized carbons (Fsp3) is 0. The van der Waals surface area contributed by atoms with Crippen molar-refractivity contribution in [1.29, 1.82) is 0 Å². The second kappa shape index (κ2) is 16.6. The van der Waals surface area contributed by atoms with Gasteiger partial charge in [-0.3, -0.25) is 15.0 Å². The van der Waals surface area contributed by atoms with Gasteiger partial charge in [0.2, 0.25) is 0 Å². The molecule has 0 fully saturated rings. The van der Waals surface area contributed by atoms with Gasteiger partial charge in [0.25, 0.3) is 0 Å². The van der Waals surface area contributed by atoms with Crippen LogP contribution in [-0.2, 0) is 0 Å². The van der Waals surface area contributed by atoms with Crippen LogP contribution in [0.15, 0.2) is 231 Å². The molecule has 0 bridgehead atoms. The Morgan fingerprint density at radius 1 is 0.230 bits per heavy atom. The van der Waals surface area contributed by atoms with Gasteiger partial charge in [-0.25, -0.2) is 0 Å². The minimum Gasteiger partial charge on any atom is -0.508 e. The molecular weight excluding hydrogens is 743 g/mol. The van der Waals surface area contributed by atoms with Crippen molar-refractivity contribution in [1.82, 2.24) is 15.0 Å². The van der Waals surface area contributed by atoms with Crippen LogP contribution in [0.3, 0.4) is 0 Å². The average molecular weight is 782 g/mol. The van der Waals surface area contributed by atoms with E-state index in [0.717, 1.165) is 101 Å². The lowest BCUT2D eigenvalue weighted by Gasteiger charge is -2.18. The van der Waals surface area contributed by atoms with E-state index in [0.29, 0.717) is 0 Å². The van der Waals surface area contributed by atoms with Gasteiger partial charge < -0.3 is 5.11 Å². The van der Waals surface area contributed by atoms with Gasteiger partial charge in [-0.1, -0.05) is 164 Å². The first kappa shape index (κ1) is 37.1. The van der Waals surface area contributed by atoms with Crippen LogP contribution in [0, 0.1) is 0 Å². The third kappa shape index (κ3) is 7.74. The van der Waals surface area contributed by atoms with E-state index in [9.17, 15) is 5.11 Å². The Labute approximate surface area is 355 Å². The Kier molecular flexibility index (Phi) is 10.1. The van der Waals surface area contributed by atoms with E-state index in [4.69, 9.17) is 15.0 Å². The average Bonchev–Trinajstić information content (AvgIpc) is 3.34. The molecule has 4 heteroatoms. The molecule has 7 aromatic carbocycles. The zero-order valence-corrected chi connectivity index (χ0v) is 33.2. The van der Waals surface area contributed by atoms with Crippen molar-refractivity contribution in [3.8, 4) is 106 Å². The van der Waals surface area contributed by atoms with Crippen molar-refractivity contribution < 1.29 is 5.11 Å². The zero-order chi connectivity index (χ0) is 41.0. The topological polar surface area (TPSA) is 58.9 Å². The Bertz CT molecular complexity index is 2960. The smallest absolute Gasteiger partial charge is 0.116 e. The molecule has 0 aliphatic rings. The van der Waals surface area contributed by atoms with Crippen molar-refractivity contribution >= 4 is 0 Å². The van der Waals surface area contributed by atoms with Crippen LogP contribution in [0.5, 0.6) is 5.75 Å². The van der Waals surface area contributed by atoms with Crippen LogP contribution in [0.2, 0.25) is 0 Å². The highest BCUT2D eigenvalue weighted by Gasteiger charge is 2.17. The van der Waals surface area contributed by atoms with Gasteiger partial charge in [0.05, 0.1) is 17.1 Å². The molecule has 10 rings (SSSR count). The van der Waals surface area contributed by atoms with E-state index in [1.165, 1.54) is 0 Å². The number of phenolic OH excluding ortho intramolecular Hbond substituents is 1. The third-order valence-corrected chi connectivity index (χ3v) is 11.2. The van der Waals surface area contributed by atoms with Crippen molar-refractivity contribution in [3.63, 3.8) is 0 Å². The Morgan fingerprint density at radius 3 is 0.869 bits per heavy atom. The number of aromatic nitrogens is 3. The minimum absolute atomic E-state index is 0.216. The summed E-state index contributed by atoms with van der Waals surface area (Å²) in [7, 11) is 0. The van der Waals surface area contributed by atoms with Crippen LogP contribution in [-0.4, -0.2) is 20.1 Å². The van der Waals surface area contributed by atoms with Crippen molar-refractivity contribution in [2.24, 2.45) is 0 Å². The van der Waals surface area contributed by atoms with Crippen LogP contribution in [0.4, 0.5) is 0 Å². The summed E-state index contributed by atoms with van der Waals surface area (Å²) in [5.74, 6) is 0.216. The summed E-state index contributed by atoms with van der Waals surface area (Å²) < 4.78 is 0. The molecule has 0 saturated carbocycles. The number of benzene rings is 7. The first-order valence-electron chi connectivity index (χ1n) is 20.4. The molecule has 0 saturated heterocycles. The van der Waals surface area contributed by atoms with Crippen LogP contribution in [0.25, 0.3) is 101 Å². The van der Waals surface area contributed by atoms with E-state index in [2.05, 4.69) is 146 Å². The molecule has 0 radical (unpaired) electrons. The number of hydrogen-bond donors (Lipinski definition) is 1. The molecule has 0 aliphatic carbocycles. The van der Waals surface area contributed by atoms with Crippen molar-refractivity contribution in [3.05, 3.63) is 231 Å². The molecule has 288 valence electrons. The van der Waals surface area contributed by atoms with Gasteiger partial charge in [0.1, 0.15) is 5.75 Å². The zero-order valence-electron chi connectivity index (χ0n) is 33.2. The first-order valence-corrected chi connectivity index (χ1v) is 20.4. The fourth-order valence-electron chi connectivity index (χ4n) is 8.11. The van der Waals surface area contributed by atoms with Gasteiger partial charge in [0.15, 0.2) is 0 Å². The summed E-state index contributed by atoms with van der Waals surface area (Å²) in [5, 5.41) is 10.1. The molecule has 3 heterocycles. The van der Waals surface area contributed by atoms with Crippen LogP contribution < -0.4 is 0 Å². The largest absolute Gasteiger partial charge is 0.508 e. The lowest BCUT2D eigenvalue weighted by molar-refractivity contribution is 0.475. The third-order valence-electron chi connectivity index (χ3n) is 11.2. The molecule has 3 aromatic heterocycles. The lowest BCUT2D eigenvalue weighted by atomic mass is 9.86. The Balaban J connectivity index is 1.12. The number of nitrogens with zero attached hydrogens (tertiary/aromatic N) is 3. The SMILES string of the molecule is Oc1cccc(-c2ccc(-c3ccccc3-c3cc(-c4ccccc4-c4ccc(-c5ccccc5)nc4)cc(-c4ccccc4-c4ccc(-c5ccccc5)nc4)c3)cn2)c1. The summed E-state index contributed by atoms with van der Waals surface area (Å²) in [6, 6.07) is 73.1. The summed E-state index contributed by atoms with van der Waals surface area (Å²) in [5.41, 5.74) is 18.7. The van der Waals surface area contributed by atoms with Gasteiger partial charge in [-0.2, -0.15) is 0 Å². The highest BCUT2D eigenvalue weighted by Crippen LogP contribution is 2.42. The molecule has 0 atom stereocenters. The standard InChI is InChI=1S/C57H39N3O/c61-48-19-13-18-41(35-48)57-31-28-44(38-60-57)51-22-9-12-25-54(51)47-33-45(52-23-10-7-20-49(52)42-26-29-55(58-36-42)39-14-3-1-4-15-39)32-46(34-47)53-24-11-8-21-50(53)43-27-30-56(59-37-43)40-16-5-2-6-17-40/h1-38,61H. The second-order valence-electron chi connectivity index (χ2n) is 15.0. The van der Waals surface area contributed by atoms with E-state index in [1.807, 2.05) is 73.2 Å². The predicted octanol–water partition coefficient (Wildman–Crippen LogP) is 14.6. The minimum atomic E-state index is 0.216. The van der Waals surface area contributed by atoms with Gasteiger partial charge >= 0.3 is 0 Å². The van der Waals surface area contributed by atoms with Crippen LogP contribution >= 0.6 is 0 Å². The van der Waals surface area contributed by atoms with Crippen molar-refractivity contribution in [2.45, 2.75) is 0 Å². The van der Waals surface area contributed by atoms with E-state index < -0.39 is 0 Å². The number of phenols is 1. The Morgan fingerprint density at radius 2 is 0.541 bits per heavy atom. The molecule has 61 heavy (non-hydrogen) atoms. The predicted molar refractivity (Wildman–Crippen MR) is 250 cm³/mol. The maximum atomic E-state index is 10.1. The molecular formula is C57H39N3O. The fourth-order valence-corrected chi connectivity index (χ4v) is 8.11. The van der Waals surface area contributed by atoms with Gasteiger partial charge in [-0.15, -0.1) is 0 Å². The number of hydrogen-bond acceptors (Lipinski definition) is 4. The van der Waals surface area contributed by atoms with E-state index in [-0.39, 0.29) is 5.75 Å². The van der Waals surface area contributed by atoms with E-state index >= 15 is 0 Å². The lowest BCUT2D eigenvalue weighted by Crippen LogP contribution is -1.93. The Hall–Kier alpha value is -8.21. The summed E-state index contributed by atoms with van der Waals surface area (Å²) in [4.78, 5) is 14.7. The monoisotopic (exact) mass is 781 g/mol. The van der Waals surface area contributed by atoms with Gasteiger partial charge in [0, 0.05) is 52.0 Å². The second-order valence-corrected chi connectivity index (χ2v) is 15.0. The maximum Gasteiger partial charge on any atom is 0.116 e. The molecule has 0 aliphatic heterocycles. The van der Waals surface area contributed by atoms with Crippen molar-refractivity contribution in [2.75, 3.05) is 0 Å². The molecule has 0 spiro atoms. The summed E-state index contributed by atoms with van der Waals surface area (Å²) in [6.07, 6.45) is 5.89. The highest BCUT2D eigenvalue weighted by atomic mass is 16.3. The molecule has 0 unspecified atom stereocenters. The normalized spacial score (nSPS) is 11.0. The number of rotatable bonds is 9. The summed E-state index contributed by atoms with van der Waals surface area (Å²) >= 11 is 0. The number of pyridine rings is 3. The highest BCUT2D eigenvalue weighted by molar-refractivity contribution is 5.94. The molecule has 1 N–H and O–H groups in total. The molecule has 4 nitrogen and oxygen atoms in total.